The molecule has 3 fully saturated rings. The number of alkyl halides is 2. The smallest absolute Gasteiger partial charge is 0.258 e. The van der Waals surface area contributed by atoms with Crippen molar-refractivity contribution in [1.82, 2.24) is 4.90 Å². The number of carbonyl (C=O) groups excluding carboxylic acids is 4. The third kappa shape index (κ3) is 3.87. The number of aryl methyl sites for hydroxylation is 1. The number of fused-ring (bicyclic) bond motifs is 4. The number of aromatic hydroxyl groups is 1. The molecule has 14 heteroatoms. The van der Waals surface area contributed by atoms with Gasteiger partial charge in [0, 0.05) is 11.5 Å². The SMILES string of the molecule is Cc1cc(C2C3=CCC4C(=O)N(C(C)(C)C)C(=O)C4C3CC3(Cl)C(=O)N(c4c(F)c(F)c(F)c(F)c4F)C(=O)C23Cl)ccc1O. The fraction of sp³-hybridized carbons (Fsp3) is 0.419. The summed E-state index contributed by atoms with van der Waals surface area (Å²) in [5.41, 5.74) is -1.89. The highest BCUT2D eigenvalue weighted by molar-refractivity contribution is 6.58. The van der Waals surface area contributed by atoms with Crippen molar-refractivity contribution in [2.24, 2.45) is 17.8 Å². The van der Waals surface area contributed by atoms with E-state index in [-0.39, 0.29) is 22.6 Å². The highest BCUT2D eigenvalue weighted by Crippen LogP contribution is 2.66. The third-order valence-electron chi connectivity index (χ3n) is 9.45. The summed E-state index contributed by atoms with van der Waals surface area (Å²) >= 11 is 14.1. The number of hydrogen-bond donors (Lipinski definition) is 1. The van der Waals surface area contributed by atoms with E-state index in [9.17, 15) is 37.5 Å². The van der Waals surface area contributed by atoms with Gasteiger partial charge in [-0.3, -0.25) is 24.1 Å². The second-order valence-electron chi connectivity index (χ2n) is 12.9. The van der Waals surface area contributed by atoms with Crippen molar-refractivity contribution in [1.29, 1.82) is 0 Å². The first kappa shape index (κ1) is 31.5. The van der Waals surface area contributed by atoms with E-state index < -0.39 is 104 Å². The van der Waals surface area contributed by atoms with E-state index in [2.05, 4.69) is 0 Å². The van der Waals surface area contributed by atoms with E-state index in [0.29, 0.717) is 11.1 Å². The Labute approximate surface area is 263 Å². The molecule has 0 aromatic heterocycles. The van der Waals surface area contributed by atoms with Crippen LogP contribution in [0.4, 0.5) is 27.6 Å². The number of likely N-dealkylation sites (tertiary alicyclic amines) is 1. The second kappa shape index (κ2) is 9.75. The molecule has 2 aromatic carbocycles. The van der Waals surface area contributed by atoms with E-state index in [0.717, 1.165) is 4.90 Å². The fourth-order valence-corrected chi connectivity index (χ4v) is 8.40. The molecule has 7 nitrogen and oxygen atoms in total. The number of carbonyl (C=O) groups is 4. The zero-order valence-corrected chi connectivity index (χ0v) is 25.7. The van der Waals surface area contributed by atoms with Gasteiger partial charge in [-0.2, -0.15) is 0 Å². The average molecular weight is 671 g/mol. The minimum Gasteiger partial charge on any atom is -0.508 e. The molecular formula is C31H25Cl2F5N2O5. The molecule has 2 aliphatic carbocycles. The minimum absolute atomic E-state index is 0.0486. The van der Waals surface area contributed by atoms with Gasteiger partial charge in [0.05, 0.1) is 11.8 Å². The van der Waals surface area contributed by atoms with Gasteiger partial charge < -0.3 is 5.11 Å². The van der Waals surface area contributed by atoms with Crippen molar-refractivity contribution in [2.75, 3.05) is 4.90 Å². The molecule has 2 aromatic rings. The quantitative estimate of drug-likeness (QED) is 0.110. The largest absolute Gasteiger partial charge is 0.508 e. The maximum atomic E-state index is 15.1. The van der Waals surface area contributed by atoms with Crippen LogP contribution in [0.25, 0.3) is 0 Å². The van der Waals surface area contributed by atoms with Crippen LogP contribution in [0.5, 0.6) is 5.75 Å². The van der Waals surface area contributed by atoms with Gasteiger partial charge in [-0.1, -0.05) is 23.8 Å². The maximum absolute atomic E-state index is 15.1. The molecule has 0 spiro atoms. The highest BCUT2D eigenvalue weighted by atomic mass is 35.5. The molecule has 6 atom stereocenters. The summed E-state index contributed by atoms with van der Waals surface area (Å²) in [6.07, 6.45) is 1.09. The Bertz CT molecular complexity index is 1770. The molecule has 0 radical (unpaired) electrons. The van der Waals surface area contributed by atoms with Crippen LogP contribution in [-0.4, -0.2) is 48.9 Å². The topological polar surface area (TPSA) is 95.0 Å². The molecule has 4 amide bonds. The van der Waals surface area contributed by atoms with Crippen molar-refractivity contribution in [3.63, 3.8) is 0 Å². The van der Waals surface area contributed by atoms with E-state index in [1.807, 2.05) is 0 Å². The Balaban J connectivity index is 1.60. The van der Waals surface area contributed by atoms with Crippen LogP contribution in [0.3, 0.4) is 0 Å². The number of hydrogen-bond acceptors (Lipinski definition) is 5. The highest BCUT2D eigenvalue weighted by Gasteiger charge is 2.77. The Hall–Kier alpha value is -3.51. The molecule has 2 heterocycles. The van der Waals surface area contributed by atoms with Crippen LogP contribution < -0.4 is 4.90 Å². The predicted octanol–water partition coefficient (Wildman–Crippen LogP) is 5.76. The second-order valence-corrected chi connectivity index (χ2v) is 14.2. The summed E-state index contributed by atoms with van der Waals surface area (Å²) in [4.78, 5) is 51.4. The van der Waals surface area contributed by atoms with E-state index >= 15 is 8.78 Å². The van der Waals surface area contributed by atoms with Gasteiger partial charge in [0.15, 0.2) is 33.0 Å². The van der Waals surface area contributed by atoms with Gasteiger partial charge >= 0.3 is 0 Å². The Morgan fingerprint density at radius 2 is 1.44 bits per heavy atom. The summed E-state index contributed by atoms with van der Waals surface area (Å²) in [6, 6.07) is 4.11. The first-order valence-corrected chi connectivity index (χ1v) is 14.7. The van der Waals surface area contributed by atoms with Crippen LogP contribution in [0.15, 0.2) is 29.8 Å². The summed E-state index contributed by atoms with van der Waals surface area (Å²) in [5, 5.41) is 10.2. The Kier molecular flexibility index (Phi) is 6.82. The number of nitrogens with zero attached hydrogens (tertiary/aromatic N) is 2. The number of rotatable bonds is 2. The maximum Gasteiger partial charge on any atom is 0.258 e. The molecule has 238 valence electrons. The normalized spacial score (nSPS) is 31.3. The molecule has 1 N–H and O–H groups in total. The van der Waals surface area contributed by atoms with E-state index in [1.165, 1.54) is 25.1 Å². The molecule has 45 heavy (non-hydrogen) atoms. The van der Waals surface area contributed by atoms with Crippen LogP contribution in [0, 0.1) is 53.8 Å². The number of halogens is 7. The lowest BCUT2D eigenvalue weighted by atomic mass is 9.56. The molecule has 2 aliphatic heterocycles. The van der Waals surface area contributed by atoms with Gasteiger partial charge in [-0.25, -0.2) is 26.9 Å². The lowest BCUT2D eigenvalue weighted by molar-refractivity contribution is -0.145. The molecule has 2 saturated heterocycles. The first-order chi connectivity index (χ1) is 20.8. The molecule has 6 unspecified atom stereocenters. The van der Waals surface area contributed by atoms with Crippen molar-refractivity contribution >= 4 is 52.5 Å². The molecule has 0 bridgehead atoms. The summed E-state index contributed by atoms with van der Waals surface area (Å²) < 4.78 is 72.7. The zero-order chi connectivity index (χ0) is 33.3. The van der Waals surface area contributed by atoms with Crippen molar-refractivity contribution < 1.29 is 46.2 Å². The first-order valence-electron chi connectivity index (χ1n) is 14.0. The van der Waals surface area contributed by atoms with Gasteiger partial charge in [-0.15, -0.1) is 23.2 Å². The molecule has 1 saturated carbocycles. The van der Waals surface area contributed by atoms with Crippen molar-refractivity contribution in [3.05, 3.63) is 70.1 Å². The van der Waals surface area contributed by atoms with Gasteiger partial charge in [0.1, 0.15) is 11.4 Å². The summed E-state index contributed by atoms with van der Waals surface area (Å²) in [5.74, 6) is -20.7. The van der Waals surface area contributed by atoms with Gasteiger partial charge in [-0.05, 0) is 63.6 Å². The van der Waals surface area contributed by atoms with Gasteiger partial charge in [0.2, 0.25) is 17.6 Å². The number of imide groups is 2. The number of amides is 4. The Morgan fingerprint density at radius 3 is 2.00 bits per heavy atom. The monoisotopic (exact) mass is 670 g/mol. The predicted molar refractivity (Wildman–Crippen MR) is 151 cm³/mol. The summed E-state index contributed by atoms with van der Waals surface area (Å²) in [7, 11) is 0. The third-order valence-corrected chi connectivity index (χ3v) is 10.9. The number of allylic oxidation sites excluding steroid dienone is 2. The van der Waals surface area contributed by atoms with Crippen LogP contribution in [0.2, 0.25) is 0 Å². The minimum atomic E-state index is -2.61. The van der Waals surface area contributed by atoms with E-state index in [4.69, 9.17) is 23.2 Å². The zero-order valence-electron chi connectivity index (χ0n) is 24.2. The summed E-state index contributed by atoms with van der Waals surface area (Å²) in [6.45, 7) is 6.55. The standard InChI is InChI=1S/C31H25Cl2F5N2O5/c1-11-9-12(5-8-16(11)41)18-13-6-7-14-17(26(43)40(25(14)42)29(2,3)4)15(13)10-30(32)27(44)39(28(45)31(18,30)33)24-22(37)20(35)19(34)21(36)23(24)38/h5-6,8-9,14-15,17-18,41H,7,10H2,1-4H3. The number of phenolic OH excluding ortho intramolecular Hbond substituents is 1. The Morgan fingerprint density at radius 1 is 0.867 bits per heavy atom. The van der Waals surface area contributed by atoms with Crippen LogP contribution >= 0.6 is 23.2 Å². The number of benzene rings is 2. The molecule has 6 rings (SSSR count). The lowest BCUT2D eigenvalue weighted by Gasteiger charge is -2.50. The number of phenols is 1. The van der Waals surface area contributed by atoms with Gasteiger partial charge in [0.25, 0.3) is 11.8 Å². The average Bonchev–Trinajstić information content (AvgIpc) is 3.31. The molecule has 4 aliphatic rings. The van der Waals surface area contributed by atoms with Crippen molar-refractivity contribution in [3.8, 4) is 5.75 Å². The number of anilines is 1. The van der Waals surface area contributed by atoms with E-state index in [1.54, 1.807) is 26.8 Å². The molecular weight excluding hydrogens is 646 g/mol. The van der Waals surface area contributed by atoms with Crippen LogP contribution in [0.1, 0.15) is 50.7 Å². The van der Waals surface area contributed by atoms with Crippen LogP contribution in [-0.2, 0) is 19.2 Å². The fourth-order valence-electron chi connectivity index (χ4n) is 7.46. The van der Waals surface area contributed by atoms with Crippen molar-refractivity contribution in [2.45, 2.75) is 61.7 Å². The lowest BCUT2D eigenvalue weighted by Crippen LogP contribution is -2.60.